The summed E-state index contributed by atoms with van der Waals surface area (Å²) in [5.41, 5.74) is -0.592. The molecule has 2 aliphatic rings. The zero-order valence-electron chi connectivity index (χ0n) is 16.2. The Morgan fingerprint density at radius 1 is 1.10 bits per heavy atom. The van der Waals surface area contributed by atoms with E-state index in [1.165, 1.54) is 6.07 Å². The van der Waals surface area contributed by atoms with E-state index in [0.717, 1.165) is 4.90 Å². The van der Waals surface area contributed by atoms with E-state index >= 15 is 0 Å². The fourth-order valence-corrected chi connectivity index (χ4v) is 4.61. The Balaban J connectivity index is 1.84. The van der Waals surface area contributed by atoms with Crippen molar-refractivity contribution in [3.63, 3.8) is 0 Å². The molecule has 29 heavy (non-hydrogen) atoms. The van der Waals surface area contributed by atoms with Crippen molar-refractivity contribution in [1.29, 1.82) is 0 Å². The first-order valence-corrected chi connectivity index (χ1v) is 9.60. The van der Waals surface area contributed by atoms with Gasteiger partial charge >= 0.3 is 5.97 Å². The van der Waals surface area contributed by atoms with Crippen LogP contribution in [0.3, 0.4) is 0 Å². The molecule has 0 saturated carbocycles. The van der Waals surface area contributed by atoms with E-state index in [4.69, 9.17) is 4.74 Å². The minimum absolute atomic E-state index is 0.147. The normalized spacial score (nSPS) is 28.5. The molecule has 150 valence electrons. The Morgan fingerprint density at radius 2 is 1.76 bits per heavy atom. The monoisotopic (exact) mass is 397 g/mol. The molecule has 7 heteroatoms. The first-order chi connectivity index (χ1) is 13.9. The van der Waals surface area contributed by atoms with Gasteiger partial charge in [0.15, 0.2) is 0 Å². The van der Waals surface area contributed by atoms with Gasteiger partial charge in [0.05, 0.1) is 12.3 Å². The molecule has 0 aromatic heterocycles. The van der Waals surface area contributed by atoms with Gasteiger partial charge in [0.2, 0.25) is 17.4 Å². The molecule has 4 rings (SSSR count). The van der Waals surface area contributed by atoms with Crippen LogP contribution in [0.5, 0.6) is 0 Å². The van der Waals surface area contributed by atoms with Crippen LogP contribution in [0.15, 0.2) is 54.6 Å². The third-order valence-electron chi connectivity index (χ3n) is 5.90. The molecule has 0 aliphatic carbocycles. The quantitative estimate of drug-likeness (QED) is 0.627. The summed E-state index contributed by atoms with van der Waals surface area (Å²) in [4.78, 5) is 40.7. The number of hydrogen-bond donors (Lipinski definition) is 1. The van der Waals surface area contributed by atoms with Gasteiger partial charge in [0.1, 0.15) is 23.7 Å². The summed E-state index contributed by atoms with van der Waals surface area (Å²) in [6, 6.07) is 14.0. The molecule has 0 radical (unpaired) electrons. The second kappa shape index (κ2) is 7.08. The lowest BCUT2D eigenvalue weighted by Gasteiger charge is -2.26. The van der Waals surface area contributed by atoms with Crippen LogP contribution in [0.4, 0.5) is 10.1 Å². The summed E-state index contributed by atoms with van der Waals surface area (Å²) >= 11 is 0. The largest absolute Gasteiger partial charge is 0.461 e. The Morgan fingerprint density at radius 3 is 2.41 bits per heavy atom. The molecule has 0 bridgehead atoms. The maximum Gasteiger partial charge on any atom is 0.368 e. The van der Waals surface area contributed by atoms with E-state index in [2.05, 4.69) is 0 Å². The van der Waals surface area contributed by atoms with E-state index in [1.807, 2.05) is 0 Å². The Labute approximate surface area is 167 Å². The summed E-state index contributed by atoms with van der Waals surface area (Å²) in [5, 5.41) is 1.62. The van der Waals surface area contributed by atoms with Crippen molar-refractivity contribution >= 4 is 23.5 Å². The minimum Gasteiger partial charge on any atom is -0.461 e. The number of carbonyl (C=O) groups excluding carboxylic acids is 3. The van der Waals surface area contributed by atoms with E-state index in [9.17, 15) is 18.8 Å². The molecular weight excluding hydrogens is 375 g/mol. The number of imide groups is 1. The van der Waals surface area contributed by atoms with Gasteiger partial charge in [-0.1, -0.05) is 36.4 Å². The molecule has 2 aliphatic heterocycles. The number of para-hydroxylation sites is 1. The zero-order chi connectivity index (χ0) is 20.8. The topological polar surface area (TPSA) is 80.3 Å². The van der Waals surface area contributed by atoms with Gasteiger partial charge in [-0.25, -0.2) is 14.1 Å². The number of hydrogen-bond acceptors (Lipinski definition) is 4. The van der Waals surface area contributed by atoms with Crippen LogP contribution in [0.1, 0.15) is 25.5 Å². The minimum atomic E-state index is -1.33. The number of nitrogens with zero attached hydrogens (tertiary/aromatic N) is 1. The average Bonchev–Trinajstić information content (AvgIpc) is 3.17. The maximum atomic E-state index is 14.6. The number of quaternary nitrogens is 1. The van der Waals surface area contributed by atoms with Crippen LogP contribution in [-0.4, -0.2) is 29.9 Å². The van der Waals surface area contributed by atoms with Crippen molar-refractivity contribution in [2.75, 3.05) is 11.5 Å². The highest BCUT2D eigenvalue weighted by atomic mass is 19.1. The molecule has 2 N–H and O–H groups in total. The molecule has 4 atom stereocenters. The van der Waals surface area contributed by atoms with Gasteiger partial charge in [-0.15, -0.1) is 0 Å². The number of carbonyl (C=O) groups is 3. The molecule has 0 unspecified atom stereocenters. The summed E-state index contributed by atoms with van der Waals surface area (Å²) in [7, 11) is 0. The summed E-state index contributed by atoms with van der Waals surface area (Å²) in [6.07, 6.45) is 0. The number of rotatable bonds is 4. The van der Waals surface area contributed by atoms with Crippen LogP contribution >= 0.6 is 0 Å². The van der Waals surface area contributed by atoms with E-state index < -0.39 is 47.0 Å². The molecule has 2 amide bonds. The van der Waals surface area contributed by atoms with Gasteiger partial charge in [-0.3, -0.25) is 9.59 Å². The second-order valence-electron chi connectivity index (χ2n) is 7.57. The number of halogens is 1. The lowest BCUT2D eigenvalue weighted by atomic mass is 9.80. The predicted molar refractivity (Wildman–Crippen MR) is 102 cm³/mol. The SMILES string of the molecule is CCOC(=O)[C@]1(C)[NH2+][C@@H](c2ccccc2F)[C@H]2C(=O)N(c3ccccc3)C(=O)[C@H]21. The van der Waals surface area contributed by atoms with Gasteiger partial charge < -0.3 is 10.1 Å². The van der Waals surface area contributed by atoms with Gasteiger partial charge in [0.25, 0.3) is 0 Å². The smallest absolute Gasteiger partial charge is 0.368 e. The standard InChI is InChI=1S/C22H21FN2O4/c1-3-29-21(28)22(2)17-16(18(24-22)14-11-7-8-12-15(14)23)19(26)25(20(17)27)13-9-5-4-6-10-13/h4-12,16-18,24H,3H2,1-2H3/p+1/t16-,17-,18-,22+/m0/s1. The van der Waals surface area contributed by atoms with E-state index in [0.29, 0.717) is 11.3 Å². The fraction of sp³-hybridized carbons (Fsp3) is 0.318. The highest BCUT2D eigenvalue weighted by Gasteiger charge is 2.71. The molecule has 2 fully saturated rings. The number of anilines is 1. The van der Waals surface area contributed by atoms with E-state index in [-0.39, 0.29) is 6.61 Å². The summed E-state index contributed by atoms with van der Waals surface area (Å²) in [6.45, 7) is 3.43. The van der Waals surface area contributed by atoms with Crippen LogP contribution in [0.25, 0.3) is 0 Å². The number of amides is 2. The molecule has 2 aromatic rings. The molecule has 2 heterocycles. The van der Waals surface area contributed by atoms with Gasteiger partial charge in [-0.2, -0.15) is 0 Å². The number of benzene rings is 2. The maximum absolute atomic E-state index is 14.6. The zero-order valence-corrected chi connectivity index (χ0v) is 16.2. The van der Waals surface area contributed by atoms with Crippen LogP contribution in [0.2, 0.25) is 0 Å². The van der Waals surface area contributed by atoms with Crippen molar-refractivity contribution in [2.24, 2.45) is 11.8 Å². The highest BCUT2D eigenvalue weighted by Crippen LogP contribution is 2.46. The molecule has 0 spiro atoms. The number of nitrogens with two attached hydrogens (primary N) is 1. The lowest BCUT2D eigenvalue weighted by Crippen LogP contribution is -2.97. The van der Waals surface area contributed by atoms with E-state index in [1.54, 1.807) is 67.7 Å². The van der Waals surface area contributed by atoms with Gasteiger partial charge in [0, 0.05) is 12.5 Å². The summed E-state index contributed by atoms with van der Waals surface area (Å²) in [5.74, 6) is -3.75. The molecular formula is C22H22FN2O4+. The Hall–Kier alpha value is -3.06. The van der Waals surface area contributed by atoms with Crippen molar-refractivity contribution in [2.45, 2.75) is 25.4 Å². The number of ether oxygens (including phenoxy) is 1. The highest BCUT2D eigenvalue weighted by molar-refractivity contribution is 6.23. The van der Waals surface area contributed by atoms with Crippen molar-refractivity contribution in [3.8, 4) is 0 Å². The lowest BCUT2D eigenvalue weighted by molar-refractivity contribution is -0.731. The number of esters is 1. The Kier molecular flexibility index (Phi) is 4.70. The molecule has 6 nitrogen and oxygen atoms in total. The van der Waals surface area contributed by atoms with Crippen LogP contribution < -0.4 is 10.2 Å². The first kappa shape index (κ1) is 19.3. The summed E-state index contributed by atoms with van der Waals surface area (Å²) < 4.78 is 19.8. The molecule has 2 aromatic carbocycles. The second-order valence-corrected chi connectivity index (χ2v) is 7.57. The van der Waals surface area contributed by atoms with Gasteiger partial charge in [-0.05, 0) is 25.1 Å². The number of fused-ring (bicyclic) bond motifs is 1. The first-order valence-electron chi connectivity index (χ1n) is 9.60. The van der Waals surface area contributed by atoms with Crippen molar-refractivity contribution in [1.82, 2.24) is 0 Å². The average molecular weight is 397 g/mol. The third kappa shape index (κ3) is 2.84. The fourth-order valence-electron chi connectivity index (χ4n) is 4.61. The molecule has 2 saturated heterocycles. The predicted octanol–water partition coefficient (Wildman–Crippen LogP) is 1.57. The third-order valence-corrected chi connectivity index (χ3v) is 5.90. The van der Waals surface area contributed by atoms with Crippen LogP contribution in [-0.2, 0) is 19.1 Å². The van der Waals surface area contributed by atoms with Crippen molar-refractivity contribution in [3.05, 3.63) is 66.0 Å². The van der Waals surface area contributed by atoms with Crippen molar-refractivity contribution < 1.29 is 28.8 Å². The Bertz CT molecular complexity index is 980. The van der Waals surface area contributed by atoms with Crippen LogP contribution in [0, 0.1) is 17.7 Å².